The van der Waals surface area contributed by atoms with Gasteiger partial charge in [-0.3, -0.25) is 0 Å². The predicted octanol–water partition coefficient (Wildman–Crippen LogP) is 3.36. The Morgan fingerprint density at radius 2 is 1.00 bits per heavy atom. The quantitative estimate of drug-likeness (QED) is 0.686. The van der Waals surface area contributed by atoms with Crippen molar-refractivity contribution < 1.29 is 8.85 Å². The average molecular weight is 311 g/mol. The largest absolute Gasteiger partial charge is 0.413 e. The summed E-state index contributed by atoms with van der Waals surface area (Å²) in [6.45, 7) is 14.9. The Kier molecular flexibility index (Phi) is 6.65. The van der Waals surface area contributed by atoms with Crippen molar-refractivity contribution in [1.82, 2.24) is 0 Å². The Bertz CT molecular complexity index is 368. The molecule has 0 bridgehead atoms. The summed E-state index contributed by atoms with van der Waals surface area (Å²) in [5, 5.41) is 2.80. The molecule has 0 amide bonds. The van der Waals surface area contributed by atoms with Crippen molar-refractivity contribution in [3.8, 4) is 0 Å². The van der Waals surface area contributed by atoms with E-state index in [0.29, 0.717) is 0 Å². The second-order valence-corrected chi connectivity index (χ2v) is 13.7. The van der Waals surface area contributed by atoms with Gasteiger partial charge in [-0.05, 0) is 49.4 Å². The minimum atomic E-state index is -1.74. The van der Waals surface area contributed by atoms with Crippen LogP contribution in [0.15, 0.2) is 24.3 Å². The molecule has 1 rings (SSSR count). The molecule has 0 aliphatic rings. The normalized spacial score (nSPS) is 17.5. The van der Waals surface area contributed by atoms with Crippen LogP contribution in [0.3, 0.4) is 0 Å². The van der Waals surface area contributed by atoms with Gasteiger partial charge in [-0.1, -0.05) is 38.1 Å². The van der Waals surface area contributed by atoms with E-state index in [1.807, 2.05) is 0 Å². The summed E-state index contributed by atoms with van der Waals surface area (Å²) in [7, 11) is -3.47. The van der Waals surface area contributed by atoms with Crippen molar-refractivity contribution in [3.63, 3.8) is 0 Å². The topological polar surface area (TPSA) is 18.5 Å². The van der Waals surface area contributed by atoms with E-state index < -0.39 is 16.6 Å². The lowest BCUT2D eigenvalue weighted by Crippen LogP contribution is -2.50. The highest BCUT2D eigenvalue weighted by Gasteiger charge is 2.32. The Labute approximate surface area is 126 Å². The van der Waals surface area contributed by atoms with Gasteiger partial charge in [0.15, 0.2) is 0 Å². The fourth-order valence-corrected chi connectivity index (χ4v) is 7.17. The van der Waals surface area contributed by atoms with Crippen molar-refractivity contribution in [2.45, 2.75) is 52.9 Å². The molecule has 0 aliphatic heterocycles. The molecule has 0 heterocycles. The lowest BCUT2D eigenvalue weighted by Gasteiger charge is -2.29. The summed E-state index contributed by atoms with van der Waals surface area (Å²) < 4.78 is 12.2. The molecule has 0 saturated heterocycles. The van der Waals surface area contributed by atoms with E-state index in [4.69, 9.17) is 8.85 Å². The van der Waals surface area contributed by atoms with Gasteiger partial charge < -0.3 is 8.85 Å². The third-order valence-electron chi connectivity index (χ3n) is 4.38. The minimum Gasteiger partial charge on any atom is -0.413 e. The van der Waals surface area contributed by atoms with Gasteiger partial charge in [0.25, 0.3) is 0 Å². The second kappa shape index (κ2) is 7.54. The molecule has 4 heteroatoms. The van der Waals surface area contributed by atoms with Crippen LogP contribution in [0.5, 0.6) is 0 Å². The fourth-order valence-electron chi connectivity index (χ4n) is 2.59. The lowest BCUT2D eigenvalue weighted by atomic mass is 10.4. The fraction of sp³-hybridized carbons (Fsp3) is 0.625. The Morgan fingerprint density at radius 1 is 0.700 bits per heavy atom. The van der Waals surface area contributed by atoms with Gasteiger partial charge in [-0.15, -0.1) is 0 Å². The van der Waals surface area contributed by atoms with Crippen LogP contribution in [-0.2, 0) is 8.85 Å². The molecule has 114 valence electrons. The molecule has 0 N–H and O–H groups in total. The van der Waals surface area contributed by atoms with Crippen molar-refractivity contribution in [1.29, 1.82) is 0 Å². The molecule has 2 nitrogen and oxygen atoms in total. The summed E-state index contributed by atoms with van der Waals surface area (Å²) in [5.74, 6) is 0. The third-order valence-corrected chi connectivity index (χ3v) is 12.0. The van der Waals surface area contributed by atoms with Crippen LogP contribution in [0.25, 0.3) is 0 Å². The van der Waals surface area contributed by atoms with E-state index in [-0.39, 0.29) is 0 Å². The van der Waals surface area contributed by atoms with Gasteiger partial charge in [0.2, 0.25) is 16.6 Å². The standard InChI is InChI=1S/C16H30O2Si2/c1-7-17-19(5,9-3)15-11-13-16(14-12-15)20(6,10-4)18-8-2/h11-14H,7-10H2,1-6H3. The third kappa shape index (κ3) is 3.81. The molecule has 0 fully saturated rings. The summed E-state index contributed by atoms with van der Waals surface area (Å²) in [5.41, 5.74) is 0. The Balaban J connectivity index is 3.04. The maximum atomic E-state index is 6.08. The molecule has 0 aliphatic carbocycles. The van der Waals surface area contributed by atoms with E-state index >= 15 is 0 Å². The number of benzene rings is 1. The van der Waals surface area contributed by atoms with E-state index in [9.17, 15) is 0 Å². The van der Waals surface area contributed by atoms with Crippen LogP contribution < -0.4 is 10.4 Å². The molecule has 20 heavy (non-hydrogen) atoms. The number of hydrogen-bond acceptors (Lipinski definition) is 2. The van der Waals surface area contributed by atoms with Crippen LogP contribution in [0.2, 0.25) is 25.2 Å². The van der Waals surface area contributed by atoms with E-state index in [0.717, 1.165) is 25.3 Å². The predicted molar refractivity (Wildman–Crippen MR) is 93.2 cm³/mol. The zero-order valence-corrected chi connectivity index (χ0v) is 16.0. The minimum absolute atomic E-state index is 0.804. The van der Waals surface area contributed by atoms with Crippen molar-refractivity contribution in [2.75, 3.05) is 13.2 Å². The highest BCUT2D eigenvalue weighted by Crippen LogP contribution is 2.14. The van der Waals surface area contributed by atoms with Crippen molar-refractivity contribution in [2.24, 2.45) is 0 Å². The maximum absolute atomic E-state index is 6.08. The van der Waals surface area contributed by atoms with Gasteiger partial charge in [-0.25, -0.2) is 0 Å². The molecule has 2 atom stereocenters. The van der Waals surface area contributed by atoms with Gasteiger partial charge >= 0.3 is 0 Å². The van der Waals surface area contributed by atoms with Gasteiger partial charge in [-0.2, -0.15) is 0 Å². The van der Waals surface area contributed by atoms with E-state index in [2.05, 4.69) is 65.1 Å². The molecular weight excluding hydrogens is 280 g/mol. The summed E-state index contributed by atoms with van der Waals surface area (Å²) in [4.78, 5) is 0. The van der Waals surface area contributed by atoms with Crippen molar-refractivity contribution in [3.05, 3.63) is 24.3 Å². The van der Waals surface area contributed by atoms with Crippen LogP contribution in [0.4, 0.5) is 0 Å². The average Bonchev–Trinajstić information content (AvgIpc) is 2.47. The van der Waals surface area contributed by atoms with Gasteiger partial charge in [0.05, 0.1) is 0 Å². The highest BCUT2D eigenvalue weighted by molar-refractivity contribution is 6.87. The molecule has 0 radical (unpaired) electrons. The summed E-state index contributed by atoms with van der Waals surface area (Å²) in [6, 6.07) is 11.4. The summed E-state index contributed by atoms with van der Waals surface area (Å²) >= 11 is 0. The second-order valence-electron chi connectivity index (χ2n) is 5.61. The monoisotopic (exact) mass is 310 g/mol. The zero-order valence-electron chi connectivity index (χ0n) is 14.0. The maximum Gasteiger partial charge on any atom is 0.220 e. The molecule has 0 saturated carbocycles. The van der Waals surface area contributed by atoms with E-state index in [1.54, 1.807) is 0 Å². The Morgan fingerprint density at radius 3 is 1.20 bits per heavy atom. The first-order chi connectivity index (χ1) is 9.45. The van der Waals surface area contributed by atoms with Crippen molar-refractivity contribution >= 4 is 27.0 Å². The first-order valence-corrected chi connectivity index (χ1v) is 13.1. The van der Waals surface area contributed by atoms with Crippen LogP contribution in [0.1, 0.15) is 27.7 Å². The highest BCUT2D eigenvalue weighted by atomic mass is 28.4. The molecule has 2 unspecified atom stereocenters. The molecule has 0 spiro atoms. The van der Waals surface area contributed by atoms with Gasteiger partial charge in [0, 0.05) is 13.2 Å². The molecular formula is C16H30O2Si2. The number of hydrogen-bond donors (Lipinski definition) is 0. The molecule has 0 aromatic heterocycles. The first kappa shape index (κ1) is 17.6. The molecule has 1 aromatic rings. The smallest absolute Gasteiger partial charge is 0.220 e. The zero-order chi connectivity index (χ0) is 15.2. The van der Waals surface area contributed by atoms with Gasteiger partial charge in [0.1, 0.15) is 0 Å². The Hall–Kier alpha value is -0.426. The molecule has 1 aromatic carbocycles. The van der Waals surface area contributed by atoms with E-state index in [1.165, 1.54) is 10.4 Å². The van der Waals surface area contributed by atoms with Crippen LogP contribution >= 0.6 is 0 Å². The first-order valence-electron chi connectivity index (χ1n) is 7.84. The summed E-state index contributed by atoms with van der Waals surface area (Å²) in [6.07, 6.45) is 0. The SMILES string of the molecule is CCO[Si](C)(CC)c1ccc([Si](C)(CC)OCC)cc1. The lowest BCUT2D eigenvalue weighted by molar-refractivity contribution is 0.334. The van der Waals surface area contributed by atoms with Crippen LogP contribution in [0, 0.1) is 0 Å². The number of rotatable bonds is 8. The van der Waals surface area contributed by atoms with Crippen LogP contribution in [-0.4, -0.2) is 29.8 Å².